The van der Waals surface area contributed by atoms with Gasteiger partial charge in [-0.3, -0.25) is 0 Å². The van der Waals surface area contributed by atoms with Crippen LogP contribution in [0.4, 0.5) is 17.1 Å². The fourth-order valence-electron chi connectivity index (χ4n) is 11.8. The summed E-state index contributed by atoms with van der Waals surface area (Å²) in [5, 5.41) is 25.0. The van der Waals surface area contributed by atoms with E-state index in [1.54, 1.807) is 0 Å². The number of fused-ring (bicyclic) bond motifs is 16. The van der Waals surface area contributed by atoms with E-state index >= 15 is 0 Å². The van der Waals surface area contributed by atoms with E-state index in [0.717, 1.165) is 17.1 Å². The molecule has 0 aromatic heterocycles. The van der Waals surface area contributed by atoms with Crippen LogP contribution >= 0.6 is 0 Å². The van der Waals surface area contributed by atoms with Crippen molar-refractivity contribution in [2.24, 2.45) is 0 Å². The highest BCUT2D eigenvalue weighted by atomic mass is 15.1. The summed E-state index contributed by atoms with van der Waals surface area (Å²) in [5.74, 6) is 0. The van der Waals surface area contributed by atoms with Gasteiger partial charge in [-0.15, -0.1) is 0 Å². The van der Waals surface area contributed by atoms with Crippen LogP contribution in [0.2, 0.25) is 0 Å². The first kappa shape index (κ1) is 39.7. The molecule has 0 aliphatic heterocycles. The first-order chi connectivity index (χ1) is 35.1. The molecule has 0 unspecified atom stereocenters. The zero-order valence-electron chi connectivity index (χ0n) is 38.8. The summed E-state index contributed by atoms with van der Waals surface area (Å²) in [6.07, 6.45) is 0. The maximum Gasteiger partial charge on any atom is 0.0468 e. The molecule has 0 aliphatic rings. The fraction of sp³-hybridized carbons (Fsp3) is 0. The highest BCUT2D eigenvalue weighted by Crippen LogP contribution is 2.46. The molecule has 0 saturated heterocycles. The molecule has 0 spiro atoms. The lowest BCUT2D eigenvalue weighted by atomic mass is 9.86. The Kier molecular flexibility index (Phi) is 8.73. The van der Waals surface area contributed by atoms with Crippen molar-refractivity contribution >= 4 is 125 Å². The summed E-state index contributed by atoms with van der Waals surface area (Å²) in [4.78, 5) is 2.43. The van der Waals surface area contributed by atoms with E-state index in [9.17, 15) is 0 Å². The predicted molar refractivity (Wildman–Crippen MR) is 307 cm³/mol. The molecule has 0 radical (unpaired) electrons. The molecule has 1 heteroatoms. The number of hydrogen-bond donors (Lipinski definition) is 0. The highest BCUT2D eigenvalue weighted by molar-refractivity contribution is 6.33. The normalized spacial score (nSPS) is 11.9. The Hall–Kier alpha value is -9.30. The van der Waals surface area contributed by atoms with Gasteiger partial charge in [-0.05, 0) is 203 Å². The van der Waals surface area contributed by atoms with E-state index in [0.29, 0.717) is 0 Å². The first-order valence-electron chi connectivity index (χ1n) is 24.6. The van der Waals surface area contributed by atoms with Gasteiger partial charge in [-0.25, -0.2) is 0 Å². The van der Waals surface area contributed by atoms with Gasteiger partial charge in [0, 0.05) is 17.1 Å². The summed E-state index contributed by atoms with van der Waals surface area (Å²) in [7, 11) is 0. The minimum atomic E-state index is 1.12. The minimum absolute atomic E-state index is 1.12. The van der Waals surface area contributed by atoms with Crippen LogP contribution in [0, 0.1) is 0 Å². The summed E-state index contributed by atoms with van der Waals surface area (Å²) in [5.41, 5.74) is 8.24. The third-order valence-corrected chi connectivity index (χ3v) is 15.3. The van der Waals surface area contributed by atoms with E-state index in [-0.39, 0.29) is 0 Å². The number of hydrogen-bond acceptors (Lipinski definition) is 1. The molecule has 0 heterocycles. The zero-order chi connectivity index (χ0) is 46.6. The van der Waals surface area contributed by atoms with E-state index in [1.165, 1.54) is 130 Å². The maximum absolute atomic E-state index is 2.50. The third kappa shape index (κ3) is 6.41. The number of nitrogens with zero attached hydrogens (tertiary/aromatic N) is 1. The summed E-state index contributed by atoms with van der Waals surface area (Å²) in [6, 6.07) is 97.4. The molecule has 15 rings (SSSR count). The molecule has 15 aromatic rings. The third-order valence-electron chi connectivity index (χ3n) is 15.3. The Bertz CT molecular complexity index is 4640. The van der Waals surface area contributed by atoms with Crippen LogP contribution in [-0.4, -0.2) is 0 Å². The van der Waals surface area contributed by atoms with Crippen molar-refractivity contribution in [2.75, 3.05) is 4.90 Å². The second-order valence-corrected chi connectivity index (χ2v) is 19.3. The molecule has 0 bridgehead atoms. The molecule has 0 aliphatic carbocycles. The Labute approximate surface area is 410 Å². The second kappa shape index (κ2) is 15.6. The standard InChI is InChI=1S/C70H43N/c1-5-15-48-35-52(23-21-44(48)11-1)54-27-32-61-64(39-54)65-40-55(53-24-22-45-12-2-6-16-49(45)36-53)28-33-62(65)69-43-70-63-34-31-58(41-66(63)59-19-9-10-20-60(59)67(70)42-68(61)69)71(56-29-25-46-13-3-7-17-50(46)37-56)57-30-26-47-14-4-8-18-51(47)38-57/h1-43H. The van der Waals surface area contributed by atoms with Gasteiger partial charge in [0.15, 0.2) is 0 Å². The average Bonchev–Trinajstić information content (AvgIpc) is 3.44. The van der Waals surface area contributed by atoms with Gasteiger partial charge >= 0.3 is 0 Å². The first-order valence-corrected chi connectivity index (χ1v) is 24.6. The van der Waals surface area contributed by atoms with Gasteiger partial charge in [0.25, 0.3) is 0 Å². The SMILES string of the molecule is c1ccc2cc(-c3ccc4c(c3)c3cc(-c5ccc6ccccc6c5)ccc3c3cc5c6ccc(N(c7ccc8ccccc8c7)c7ccc8ccccc8c7)cc6c6ccccc6c5cc43)ccc2c1. The molecule has 0 N–H and O–H groups in total. The van der Waals surface area contributed by atoms with E-state index < -0.39 is 0 Å². The lowest BCUT2D eigenvalue weighted by Crippen LogP contribution is -2.10. The lowest BCUT2D eigenvalue weighted by Gasteiger charge is -2.27. The van der Waals surface area contributed by atoms with Gasteiger partial charge in [0.05, 0.1) is 0 Å². The topological polar surface area (TPSA) is 3.24 Å². The smallest absolute Gasteiger partial charge is 0.0468 e. The maximum atomic E-state index is 2.50. The van der Waals surface area contributed by atoms with Crippen LogP contribution in [0.25, 0.3) is 130 Å². The fourth-order valence-corrected chi connectivity index (χ4v) is 11.8. The van der Waals surface area contributed by atoms with Crippen molar-refractivity contribution < 1.29 is 0 Å². The van der Waals surface area contributed by atoms with Gasteiger partial charge < -0.3 is 4.90 Å². The van der Waals surface area contributed by atoms with Gasteiger partial charge in [0.1, 0.15) is 0 Å². The Morgan fingerprint density at radius 3 is 0.859 bits per heavy atom. The van der Waals surface area contributed by atoms with Crippen molar-refractivity contribution in [3.05, 3.63) is 261 Å². The summed E-state index contributed by atoms with van der Waals surface area (Å²) in [6.45, 7) is 0. The van der Waals surface area contributed by atoms with Crippen molar-refractivity contribution in [2.45, 2.75) is 0 Å². The summed E-state index contributed by atoms with van der Waals surface area (Å²) >= 11 is 0. The number of anilines is 3. The van der Waals surface area contributed by atoms with Crippen LogP contribution < -0.4 is 4.90 Å². The molecule has 0 saturated carbocycles. The van der Waals surface area contributed by atoms with Crippen LogP contribution in [0.1, 0.15) is 0 Å². The van der Waals surface area contributed by atoms with Gasteiger partial charge in [-0.2, -0.15) is 0 Å². The summed E-state index contributed by atoms with van der Waals surface area (Å²) < 4.78 is 0. The quantitative estimate of drug-likeness (QED) is 0.123. The van der Waals surface area contributed by atoms with E-state index in [2.05, 4.69) is 266 Å². The molecular formula is C70H43N. The Morgan fingerprint density at radius 2 is 0.423 bits per heavy atom. The van der Waals surface area contributed by atoms with E-state index in [1.807, 2.05) is 0 Å². The van der Waals surface area contributed by atoms with Crippen molar-refractivity contribution in [3.8, 4) is 22.3 Å². The van der Waals surface area contributed by atoms with Crippen molar-refractivity contribution in [3.63, 3.8) is 0 Å². The Balaban J connectivity index is 0.985. The largest absolute Gasteiger partial charge is 0.310 e. The number of benzene rings is 15. The molecule has 15 aromatic carbocycles. The van der Waals surface area contributed by atoms with Crippen LogP contribution in [0.15, 0.2) is 261 Å². The van der Waals surface area contributed by atoms with Gasteiger partial charge in [-0.1, -0.05) is 188 Å². The van der Waals surface area contributed by atoms with Crippen LogP contribution in [0.3, 0.4) is 0 Å². The lowest BCUT2D eigenvalue weighted by molar-refractivity contribution is 1.30. The second-order valence-electron chi connectivity index (χ2n) is 19.3. The molecule has 0 amide bonds. The number of rotatable bonds is 5. The van der Waals surface area contributed by atoms with Crippen LogP contribution in [-0.2, 0) is 0 Å². The molecule has 0 atom stereocenters. The molecule has 0 fully saturated rings. The predicted octanol–water partition coefficient (Wildman–Crippen LogP) is 20.0. The highest BCUT2D eigenvalue weighted by Gasteiger charge is 2.19. The molecule has 328 valence electrons. The molecule has 71 heavy (non-hydrogen) atoms. The Morgan fingerprint density at radius 1 is 0.155 bits per heavy atom. The van der Waals surface area contributed by atoms with Crippen LogP contribution in [0.5, 0.6) is 0 Å². The van der Waals surface area contributed by atoms with Crippen molar-refractivity contribution in [1.29, 1.82) is 0 Å². The monoisotopic (exact) mass is 897 g/mol. The average molecular weight is 898 g/mol. The van der Waals surface area contributed by atoms with Crippen molar-refractivity contribution in [1.82, 2.24) is 0 Å². The molecule has 1 nitrogen and oxygen atoms in total. The molecular weight excluding hydrogens is 855 g/mol. The minimum Gasteiger partial charge on any atom is -0.310 e. The van der Waals surface area contributed by atoms with Gasteiger partial charge in [0.2, 0.25) is 0 Å². The van der Waals surface area contributed by atoms with E-state index in [4.69, 9.17) is 0 Å². The zero-order valence-corrected chi connectivity index (χ0v) is 38.8.